The monoisotopic (exact) mass is 531 g/mol. The van der Waals surface area contributed by atoms with Crippen LogP contribution in [-0.4, -0.2) is 14.3 Å². The largest absolute Gasteiger partial charge is 0.457 e. The van der Waals surface area contributed by atoms with Crippen LogP contribution in [0.15, 0.2) is 93.7 Å². The number of anilines is 2. The van der Waals surface area contributed by atoms with E-state index in [1.54, 1.807) is 36.4 Å². The van der Waals surface area contributed by atoms with Crippen molar-refractivity contribution in [2.75, 3.05) is 10.0 Å². The third-order valence-corrected chi connectivity index (χ3v) is 7.16. The Bertz CT molecular complexity index is 1610. The molecule has 0 saturated carbocycles. The van der Waals surface area contributed by atoms with Crippen molar-refractivity contribution in [3.05, 3.63) is 106 Å². The highest BCUT2D eigenvalue weighted by Gasteiger charge is 2.17. The molecule has 1 heterocycles. The molecule has 1 amide bonds. The van der Waals surface area contributed by atoms with E-state index in [4.69, 9.17) is 16.0 Å². The van der Waals surface area contributed by atoms with Gasteiger partial charge in [-0.15, -0.1) is 0 Å². The summed E-state index contributed by atoms with van der Waals surface area (Å²) in [4.78, 5) is 12.7. The van der Waals surface area contributed by atoms with Crippen molar-refractivity contribution in [1.29, 1.82) is 5.26 Å². The summed E-state index contributed by atoms with van der Waals surface area (Å²) >= 11 is 5.91. The second-order valence-electron chi connectivity index (χ2n) is 8.23. The lowest BCUT2D eigenvalue weighted by Crippen LogP contribution is -2.16. The number of nitrogens with zero attached hydrogens (tertiary/aromatic N) is 1. The molecule has 0 aliphatic rings. The number of para-hydroxylation sites is 1. The van der Waals surface area contributed by atoms with Gasteiger partial charge in [-0.3, -0.25) is 9.52 Å². The Kier molecular flexibility index (Phi) is 7.48. The van der Waals surface area contributed by atoms with Crippen LogP contribution in [0.4, 0.5) is 11.4 Å². The van der Waals surface area contributed by atoms with Crippen molar-refractivity contribution in [1.82, 2.24) is 0 Å². The quantitative estimate of drug-likeness (QED) is 0.207. The lowest BCUT2D eigenvalue weighted by molar-refractivity contribution is -0.112. The summed E-state index contributed by atoms with van der Waals surface area (Å²) in [5.74, 6) is 0.235. The van der Waals surface area contributed by atoms with Gasteiger partial charge in [-0.1, -0.05) is 29.8 Å². The van der Waals surface area contributed by atoms with E-state index in [9.17, 15) is 18.5 Å². The van der Waals surface area contributed by atoms with Crippen LogP contribution in [-0.2, 0) is 14.8 Å². The zero-order valence-electron chi connectivity index (χ0n) is 19.9. The number of aryl methyl sites for hydroxylation is 2. The molecule has 2 N–H and O–H groups in total. The summed E-state index contributed by atoms with van der Waals surface area (Å²) in [6, 6.07) is 23.5. The fourth-order valence-corrected chi connectivity index (χ4v) is 4.90. The fraction of sp³-hybridized carbons (Fsp3) is 0.0714. The van der Waals surface area contributed by atoms with Gasteiger partial charge < -0.3 is 9.73 Å². The molecule has 4 rings (SSSR count). The topological polar surface area (TPSA) is 112 Å². The molecule has 0 aliphatic carbocycles. The first kappa shape index (κ1) is 25.8. The zero-order valence-corrected chi connectivity index (χ0v) is 21.5. The maximum absolute atomic E-state index is 12.9. The van der Waals surface area contributed by atoms with Crippen LogP contribution >= 0.6 is 11.6 Å². The molecule has 186 valence electrons. The SMILES string of the molecule is Cc1cccc(C)c1NS(=O)(=O)c1ccc(NC(=O)/C(C#N)=C/c2ccc(-c3ccc(Cl)cc3)o2)cc1. The summed E-state index contributed by atoms with van der Waals surface area (Å²) in [6.45, 7) is 3.65. The van der Waals surface area contributed by atoms with E-state index in [0.717, 1.165) is 16.7 Å². The van der Waals surface area contributed by atoms with Gasteiger partial charge in [-0.25, -0.2) is 8.42 Å². The molecule has 0 fully saturated rings. The number of sulfonamides is 1. The summed E-state index contributed by atoms with van der Waals surface area (Å²) < 4.78 is 34.1. The van der Waals surface area contributed by atoms with Gasteiger partial charge in [0.15, 0.2) is 0 Å². The first-order valence-corrected chi connectivity index (χ1v) is 13.0. The predicted molar refractivity (Wildman–Crippen MR) is 145 cm³/mol. The molecule has 3 aromatic carbocycles. The minimum Gasteiger partial charge on any atom is -0.457 e. The summed E-state index contributed by atoms with van der Waals surface area (Å²) in [7, 11) is -3.83. The molecule has 0 saturated heterocycles. The molecule has 1 aromatic heterocycles. The van der Waals surface area contributed by atoms with Crippen molar-refractivity contribution in [2.45, 2.75) is 18.7 Å². The fourth-order valence-electron chi connectivity index (χ4n) is 3.58. The number of nitriles is 1. The first-order valence-electron chi connectivity index (χ1n) is 11.1. The normalized spacial score (nSPS) is 11.6. The van der Waals surface area contributed by atoms with Crippen molar-refractivity contribution >= 4 is 45.0 Å². The maximum Gasteiger partial charge on any atom is 0.266 e. The van der Waals surface area contributed by atoms with Gasteiger partial charge in [-0.2, -0.15) is 5.26 Å². The molecular weight excluding hydrogens is 510 g/mol. The molecule has 0 unspecified atom stereocenters. The minimum absolute atomic E-state index is 0.0366. The predicted octanol–water partition coefficient (Wildman–Crippen LogP) is 6.56. The van der Waals surface area contributed by atoms with E-state index in [2.05, 4.69) is 10.0 Å². The smallest absolute Gasteiger partial charge is 0.266 e. The van der Waals surface area contributed by atoms with Crippen molar-refractivity contribution < 1.29 is 17.6 Å². The number of amides is 1. The summed E-state index contributed by atoms with van der Waals surface area (Å²) in [6.07, 6.45) is 1.34. The maximum atomic E-state index is 12.9. The molecule has 7 nitrogen and oxygen atoms in total. The second-order valence-corrected chi connectivity index (χ2v) is 10.3. The lowest BCUT2D eigenvalue weighted by Gasteiger charge is -2.13. The summed E-state index contributed by atoms with van der Waals surface area (Å²) in [5, 5.41) is 12.7. The number of hydrogen-bond donors (Lipinski definition) is 2. The van der Waals surface area contributed by atoms with Crippen LogP contribution in [0.1, 0.15) is 16.9 Å². The first-order chi connectivity index (χ1) is 17.7. The van der Waals surface area contributed by atoms with Crippen LogP contribution < -0.4 is 10.0 Å². The van der Waals surface area contributed by atoms with Gasteiger partial charge in [0.05, 0.1) is 10.6 Å². The number of rotatable bonds is 7. The van der Waals surface area contributed by atoms with E-state index >= 15 is 0 Å². The average molecular weight is 532 g/mol. The van der Waals surface area contributed by atoms with Crippen molar-refractivity contribution in [3.8, 4) is 17.4 Å². The van der Waals surface area contributed by atoms with Crippen LogP contribution in [0.25, 0.3) is 17.4 Å². The number of furan rings is 1. The third-order valence-electron chi connectivity index (χ3n) is 5.55. The molecule has 37 heavy (non-hydrogen) atoms. The Morgan fingerprint density at radius 1 is 0.946 bits per heavy atom. The zero-order chi connectivity index (χ0) is 26.6. The van der Waals surface area contributed by atoms with Gasteiger partial charge in [0.1, 0.15) is 23.2 Å². The molecule has 0 aliphatic heterocycles. The minimum atomic E-state index is -3.83. The third kappa shape index (κ3) is 6.09. The Hall–Kier alpha value is -4.32. The van der Waals surface area contributed by atoms with Crippen molar-refractivity contribution in [3.63, 3.8) is 0 Å². The van der Waals surface area contributed by atoms with E-state index in [-0.39, 0.29) is 10.5 Å². The van der Waals surface area contributed by atoms with Crippen molar-refractivity contribution in [2.24, 2.45) is 0 Å². The van der Waals surface area contributed by atoms with E-state index in [1.165, 1.54) is 30.3 Å². The highest BCUT2D eigenvalue weighted by atomic mass is 35.5. The number of nitrogens with one attached hydrogen (secondary N) is 2. The molecule has 0 spiro atoms. The van der Waals surface area contributed by atoms with Gasteiger partial charge >= 0.3 is 0 Å². The van der Waals surface area contributed by atoms with Gasteiger partial charge in [0, 0.05) is 22.3 Å². The molecule has 0 bridgehead atoms. The van der Waals surface area contributed by atoms with Gasteiger partial charge in [0.25, 0.3) is 15.9 Å². The van der Waals surface area contributed by atoms with Crippen LogP contribution in [0.5, 0.6) is 0 Å². The summed E-state index contributed by atoms with van der Waals surface area (Å²) in [5.41, 5.74) is 3.10. The highest BCUT2D eigenvalue weighted by molar-refractivity contribution is 7.92. The second kappa shape index (κ2) is 10.7. The van der Waals surface area contributed by atoms with Crippen LogP contribution in [0, 0.1) is 25.2 Å². The molecule has 0 atom stereocenters. The van der Waals surface area contributed by atoms with E-state index in [1.807, 2.05) is 38.1 Å². The van der Waals surface area contributed by atoms with Crippen LogP contribution in [0.3, 0.4) is 0 Å². The Morgan fingerprint density at radius 3 is 2.22 bits per heavy atom. The van der Waals surface area contributed by atoms with E-state index in [0.29, 0.717) is 27.9 Å². The number of carbonyl (C=O) groups is 1. The Labute approximate surface area is 220 Å². The van der Waals surface area contributed by atoms with E-state index < -0.39 is 15.9 Å². The molecule has 9 heteroatoms. The standard InChI is InChI=1S/C28H22ClN3O4S/c1-18-4-3-5-19(2)27(18)32-37(34,35)25-13-10-23(11-14-25)31-28(33)21(17-30)16-24-12-15-26(36-24)20-6-8-22(29)9-7-20/h3-16,32H,1-2H3,(H,31,33)/b21-16+. The number of hydrogen-bond acceptors (Lipinski definition) is 5. The Morgan fingerprint density at radius 2 is 1.59 bits per heavy atom. The number of carbonyl (C=O) groups excluding carboxylic acids is 1. The number of benzene rings is 3. The van der Waals surface area contributed by atoms with Crippen LogP contribution in [0.2, 0.25) is 5.02 Å². The average Bonchev–Trinajstić information content (AvgIpc) is 3.34. The highest BCUT2D eigenvalue weighted by Crippen LogP contribution is 2.26. The lowest BCUT2D eigenvalue weighted by atomic mass is 10.1. The van der Waals surface area contributed by atoms with Gasteiger partial charge in [-0.05, 0) is 85.6 Å². The number of halogens is 1. The molecule has 0 radical (unpaired) electrons. The Balaban J connectivity index is 1.47. The van der Waals surface area contributed by atoms with Gasteiger partial charge in [0.2, 0.25) is 0 Å². The molecule has 4 aromatic rings. The molecular formula is C28H22ClN3O4S.